The number of amides is 1. The van der Waals surface area contributed by atoms with E-state index in [1.807, 2.05) is 0 Å². The molecule has 2 heterocycles. The highest BCUT2D eigenvalue weighted by Crippen LogP contribution is 2.37. The maximum absolute atomic E-state index is 11.1. The standard InChI is InChI=1S/C7H7NO4S/c9-4-5(10)8-3(7(11)12)1-2-13-6(4)8/h1,4,6,9H,2H2,(H,11,12)/t4?,6-/m0/s1. The van der Waals surface area contributed by atoms with Crippen molar-refractivity contribution in [2.24, 2.45) is 0 Å². The molecule has 2 atom stereocenters. The fourth-order valence-electron chi connectivity index (χ4n) is 1.38. The second-order valence-electron chi connectivity index (χ2n) is 2.77. The van der Waals surface area contributed by atoms with Crippen molar-refractivity contribution in [3.63, 3.8) is 0 Å². The van der Waals surface area contributed by atoms with E-state index in [4.69, 9.17) is 5.11 Å². The van der Waals surface area contributed by atoms with Gasteiger partial charge in [0.25, 0.3) is 5.91 Å². The van der Waals surface area contributed by atoms with Gasteiger partial charge in [-0.25, -0.2) is 4.79 Å². The van der Waals surface area contributed by atoms with Crippen molar-refractivity contribution >= 4 is 23.6 Å². The molecule has 70 valence electrons. The van der Waals surface area contributed by atoms with Crippen LogP contribution >= 0.6 is 11.8 Å². The van der Waals surface area contributed by atoms with Gasteiger partial charge in [0.15, 0.2) is 6.10 Å². The Morgan fingerprint density at radius 1 is 1.69 bits per heavy atom. The summed E-state index contributed by atoms with van der Waals surface area (Å²) in [5.41, 5.74) is -0.0148. The van der Waals surface area contributed by atoms with Crippen molar-refractivity contribution in [3.8, 4) is 0 Å². The van der Waals surface area contributed by atoms with Gasteiger partial charge < -0.3 is 10.2 Å². The molecule has 0 radical (unpaired) electrons. The number of carbonyl (C=O) groups is 2. The summed E-state index contributed by atoms with van der Waals surface area (Å²) in [6.45, 7) is 0. The van der Waals surface area contributed by atoms with Crippen molar-refractivity contribution in [1.82, 2.24) is 4.90 Å². The third kappa shape index (κ3) is 1.06. The first kappa shape index (κ1) is 8.58. The Balaban J connectivity index is 2.27. The number of carboxylic acids is 1. The number of β-lactam (4-membered cyclic amide) rings is 1. The molecule has 0 spiro atoms. The summed E-state index contributed by atoms with van der Waals surface area (Å²) in [4.78, 5) is 22.8. The van der Waals surface area contributed by atoms with E-state index >= 15 is 0 Å². The number of aliphatic hydroxyl groups excluding tert-OH is 1. The molecular formula is C7H7NO4S. The summed E-state index contributed by atoms with van der Waals surface area (Å²) in [5, 5.41) is 17.5. The molecule has 0 aliphatic carbocycles. The van der Waals surface area contributed by atoms with E-state index in [0.29, 0.717) is 5.75 Å². The normalized spacial score (nSPS) is 31.9. The number of carboxylic acid groups (broad SMARTS) is 1. The molecule has 0 aromatic heterocycles. The summed E-state index contributed by atoms with van der Waals surface area (Å²) >= 11 is 1.36. The Morgan fingerprint density at radius 2 is 2.38 bits per heavy atom. The van der Waals surface area contributed by atoms with E-state index in [1.165, 1.54) is 17.8 Å². The Bertz CT molecular complexity index is 314. The van der Waals surface area contributed by atoms with Crippen LogP contribution in [-0.2, 0) is 9.59 Å². The Morgan fingerprint density at radius 3 is 3.00 bits per heavy atom. The van der Waals surface area contributed by atoms with E-state index in [1.54, 1.807) is 0 Å². The first-order valence-electron chi connectivity index (χ1n) is 3.69. The second-order valence-corrected chi connectivity index (χ2v) is 3.92. The van der Waals surface area contributed by atoms with Crippen LogP contribution < -0.4 is 0 Å². The van der Waals surface area contributed by atoms with Crippen molar-refractivity contribution in [1.29, 1.82) is 0 Å². The fraction of sp³-hybridized carbons (Fsp3) is 0.429. The number of fused-ring (bicyclic) bond motifs is 1. The quantitative estimate of drug-likeness (QED) is 0.545. The van der Waals surface area contributed by atoms with Crippen LogP contribution in [-0.4, -0.2) is 44.2 Å². The molecule has 1 fully saturated rings. The number of nitrogens with zero attached hydrogens (tertiary/aromatic N) is 1. The van der Waals surface area contributed by atoms with Crippen molar-refractivity contribution in [2.75, 3.05) is 5.75 Å². The lowest BCUT2D eigenvalue weighted by molar-refractivity contribution is -0.159. The van der Waals surface area contributed by atoms with Crippen LogP contribution in [0, 0.1) is 0 Å². The van der Waals surface area contributed by atoms with Crippen LogP contribution in [0.4, 0.5) is 0 Å². The van der Waals surface area contributed by atoms with Crippen LogP contribution in [0.1, 0.15) is 0 Å². The van der Waals surface area contributed by atoms with E-state index in [-0.39, 0.29) is 5.70 Å². The highest BCUT2D eigenvalue weighted by molar-refractivity contribution is 8.00. The molecule has 2 N–H and O–H groups in total. The number of carbonyl (C=O) groups excluding carboxylic acids is 1. The van der Waals surface area contributed by atoms with Crippen molar-refractivity contribution in [2.45, 2.75) is 11.5 Å². The van der Waals surface area contributed by atoms with Crippen LogP contribution in [0.2, 0.25) is 0 Å². The lowest BCUT2D eigenvalue weighted by Gasteiger charge is -2.45. The molecule has 0 aromatic rings. The molecule has 2 aliphatic heterocycles. The van der Waals surface area contributed by atoms with Crippen LogP contribution in [0.5, 0.6) is 0 Å². The molecule has 1 amide bonds. The van der Waals surface area contributed by atoms with E-state index < -0.39 is 23.4 Å². The summed E-state index contributed by atoms with van der Waals surface area (Å²) in [6.07, 6.45) is 0.445. The maximum Gasteiger partial charge on any atom is 0.352 e. The van der Waals surface area contributed by atoms with E-state index in [0.717, 1.165) is 4.90 Å². The Hall–Kier alpha value is -1.01. The van der Waals surface area contributed by atoms with Crippen LogP contribution in [0.25, 0.3) is 0 Å². The summed E-state index contributed by atoms with van der Waals surface area (Å²) < 4.78 is 0. The molecule has 2 aliphatic rings. The molecule has 1 unspecified atom stereocenters. The first-order valence-corrected chi connectivity index (χ1v) is 4.74. The van der Waals surface area contributed by atoms with Crippen LogP contribution in [0.3, 0.4) is 0 Å². The summed E-state index contributed by atoms with van der Waals surface area (Å²) in [6, 6.07) is 0. The van der Waals surface area contributed by atoms with Gasteiger partial charge in [-0.3, -0.25) is 9.69 Å². The minimum Gasteiger partial charge on any atom is -0.477 e. The number of hydrogen-bond donors (Lipinski definition) is 2. The number of aliphatic carboxylic acids is 1. The summed E-state index contributed by atoms with van der Waals surface area (Å²) in [5.74, 6) is -1.12. The zero-order valence-electron chi connectivity index (χ0n) is 6.51. The largest absolute Gasteiger partial charge is 0.477 e. The summed E-state index contributed by atoms with van der Waals surface area (Å²) in [7, 11) is 0. The molecule has 1 saturated heterocycles. The molecule has 5 nitrogen and oxygen atoms in total. The van der Waals surface area contributed by atoms with Gasteiger partial charge in [-0.1, -0.05) is 0 Å². The number of rotatable bonds is 1. The van der Waals surface area contributed by atoms with E-state index in [2.05, 4.69) is 0 Å². The van der Waals surface area contributed by atoms with Gasteiger partial charge in [-0.05, 0) is 6.08 Å². The van der Waals surface area contributed by atoms with Gasteiger partial charge in [-0.15, -0.1) is 11.8 Å². The number of hydrogen-bond acceptors (Lipinski definition) is 4. The zero-order chi connectivity index (χ0) is 9.59. The maximum atomic E-state index is 11.1. The molecule has 2 rings (SSSR count). The van der Waals surface area contributed by atoms with Crippen molar-refractivity contribution < 1.29 is 19.8 Å². The average Bonchev–Trinajstić information content (AvgIpc) is 2.15. The number of aliphatic hydroxyl groups is 1. The Kier molecular flexibility index (Phi) is 1.81. The molecule has 13 heavy (non-hydrogen) atoms. The van der Waals surface area contributed by atoms with Gasteiger partial charge in [0.2, 0.25) is 0 Å². The lowest BCUT2D eigenvalue weighted by Crippen LogP contribution is -2.64. The number of thioether (sulfide) groups is 1. The molecule has 0 bridgehead atoms. The van der Waals surface area contributed by atoms with Crippen molar-refractivity contribution in [3.05, 3.63) is 11.8 Å². The Labute approximate surface area is 78.0 Å². The smallest absolute Gasteiger partial charge is 0.352 e. The zero-order valence-corrected chi connectivity index (χ0v) is 7.32. The van der Waals surface area contributed by atoms with E-state index in [9.17, 15) is 14.7 Å². The molecule has 6 heteroatoms. The van der Waals surface area contributed by atoms with Gasteiger partial charge in [0.1, 0.15) is 11.1 Å². The SMILES string of the molecule is O=C(O)C1=CCS[C@H]2C(O)C(=O)N12. The monoisotopic (exact) mass is 201 g/mol. The third-order valence-corrected chi connectivity index (χ3v) is 3.21. The first-order chi connectivity index (χ1) is 6.13. The molecule has 0 saturated carbocycles. The van der Waals surface area contributed by atoms with Gasteiger partial charge in [0.05, 0.1) is 0 Å². The van der Waals surface area contributed by atoms with Gasteiger partial charge in [-0.2, -0.15) is 0 Å². The third-order valence-electron chi connectivity index (χ3n) is 2.04. The highest BCUT2D eigenvalue weighted by Gasteiger charge is 2.51. The highest BCUT2D eigenvalue weighted by atomic mass is 32.2. The topological polar surface area (TPSA) is 77.8 Å². The predicted octanol–water partition coefficient (Wildman–Crippen LogP) is -0.769. The minimum atomic E-state index is -1.12. The molecule has 0 aromatic carbocycles. The lowest BCUT2D eigenvalue weighted by atomic mass is 10.1. The van der Waals surface area contributed by atoms with Gasteiger partial charge >= 0.3 is 5.97 Å². The predicted molar refractivity (Wildman–Crippen MR) is 44.8 cm³/mol. The average molecular weight is 201 g/mol. The van der Waals surface area contributed by atoms with Crippen LogP contribution in [0.15, 0.2) is 11.8 Å². The molecular weight excluding hydrogens is 194 g/mol. The van der Waals surface area contributed by atoms with Gasteiger partial charge in [0, 0.05) is 5.75 Å². The second kappa shape index (κ2) is 2.74. The fourth-order valence-corrected chi connectivity index (χ4v) is 2.50. The minimum absolute atomic E-state index is 0.0148.